The number of nitrogens with two attached hydrogens (primary N) is 1. The fourth-order valence-corrected chi connectivity index (χ4v) is 2.39. The minimum absolute atomic E-state index is 0.0968. The van der Waals surface area contributed by atoms with E-state index in [2.05, 4.69) is 19.1 Å². The third kappa shape index (κ3) is 3.52. The number of aliphatic hydroxyl groups excluding tert-OH is 1. The molecular weight excluding hydrogens is 206 g/mol. The molecule has 2 atom stereocenters. The Morgan fingerprint density at radius 3 is 2.67 bits per heavy atom. The Balaban J connectivity index is 2.86. The van der Waals surface area contributed by atoms with Crippen LogP contribution in [0.4, 0.5) is 0 Å². The molecular formula is C12H19NOS. The molecule has 84 valence electrons. The third-order valence-electron chi connectivity index (χ3n) is 2.34. The number of hydrogen-bond acceptors (Lipinski definition) is 3. The maximum Gasteiger partial charge on any atom is 0.0550 e. The van der Waals surface area contributed by atoms with E-state index in [9.17, 15) is 0 Å². The van der Waals surface area contributed by atoms with Crippen molar-refractivity contribution in [1.29, 1.82) is 0 Å². The fraction of sp³-hybridized carbons (Fsp3) is 0.500. The summed E-state index contributed by atoms with van der Waals surface area (Å²) in [5.41, 5.74) is 7.22. The van der Waals surface area contributed by atoms with E-state index in [1.54, 1.807) is 11.8 Å². The summed E-state index contributed by atoms with van der Waals surface area (Å²) < 4.78 is 0. The molecule has 15 heavy (non-hydrogen) atoms. The number of rotatable bonds is 5. The standard InChI is InChI=1S/C12H19NOS/c1-3-11(13)10-6-4-5-7-12(10)15-9(2)8-14/h4-7,9,11,14H,3,8,13H2,1-2H3/t9?,11-/m0/s1. The van der Waals surface area contributed by atoms with Gasteiger partial charge in [-0.05, 0) is 18.1 Å². The largest absolute Gasteiger partial charge is 0.395 e. The van der Waals surface area contributed by atoms with Gasteiger partial charge < -0.3 is 10.8 Å². The van der Waals surface area contributed by atoms with Gasteiger partial charge in [-0.25, -0.2) is 0 Å². The highest BCUT2D eigenvalue weighted by Crippen LogP contribution is 2.30. The number of benzene rings is 1. The molecule has 1 aromatic rings. The van der Waals surface area contributed by atoms with Crippen molar-refractivity contribution in [3.8, 4) is 0 Å². The lowest BCUT2D eigenvalue weighted by molar-refractivity contribution is 0.300. The highest BCUT2D eigenvalue weighted by Gasteiger charge is 2.11. The second kappa shape index (κ2) is 6.16. The van der Waals surface area contributed by atoms with E-state index in [4.69, 9.17) is 10.8 Å². The Bertz CT molecular complexity index is 303. The first-order chi connectivity index (χ1) is 7.19. The summed E-state index contributed by atoms with van der Waals surface area (Å²) in [5, 5.41) is 9.25. The molecule has 0 saturated heterocycles. The molecule has 0 fully saturated rings. The van der Waals surface area contributed by atoms with Gasteiger partial charge in [-0.15, -0.1) is 11.8 Å². The molecule has 0 aliphatic heterocycles. The predicted molar refractivity (Wildman–Crippen MR) is 66.1 cm³/mol. The summed E-state index contributed by atoms with van der Waals surface area (Å²) in [6, 6.07) is 8.26. The minimum Gasteiger partial charge on any atom is -0.395 e. The van der Waals surface area contributed by atoms with E-state index in [0.29, 0.717) is 0 Å². The van der Waals surface area contributed by atoms with E-state index >= 15 is 0 Å². The van der Waals surface area contributed by atoms with Crippen LogP contribution < -0.4 is 5.73 Å². The summed E-state index contributed by atoms with van der Waals surface area (Å²) in [7, 11) is 0. The van der Waals surface area contributed by atoms with Crippen LogP contribution in [-0.4, -0.2) is 17.0 Å². The molecule has 3 N–H and O–H groups in total. The number of thioether (sulfide) groups is 1. The van der Waals surface area contributed by atoms with Crippen molar-refractivity contribution < 1.29 is 5.11 Å². The normalized spacial score (nSPS) is 14.9. The molecule has 0 saturated carbocycles. The average molecular weight is 225 g/mol. The van der Waals surface area contributed by atoms with Crippen LogP contribution in [0.15, 0.2) is 29.2 Å². The van der Waals surface area contributed by atoms with Gasteiger partial charge in [0.2, 0.25) is 0 Å². The highest BCUT2D eigenvalue weighted by molar-refractivity contribution is 8.00. The molecule has 0 aliphatic carbocycles. The van der Waals surface area contributed by atoms with Crippen molar-refractivity contribution in [2.75, 3.05) is 6.61 Å². The van der Waals surface area contributed by atoms with Gasteiger partial charge in [-0.3, -0.25) is 0 Å². The van der Waals surface area contributed by atoms with Gasteiger partial charge >= 0.3 is 0 Å². The predicted octanol–water partition coefficient (Wildman–Crippen LogP) is 2.57. The van der Waals surface area contributed by atoms with Gasteiger partial charge in [0.05, 0.1) is 6.61 Å². The maximum atomic E-state index is 9.03. The van der Waals surface area contributed by atoms with Gasteiger partial charge in [0.1, 0.15) is 0 Å². The van der Waals surface area contributed by atoms with Crippen LogP contribution in [-0.2, 0) is 0 Å². The smallest absolute Gasteiger partial charge is 0.0550 e. The molecule has 3 heteroatoms. The molecule has 0 heterocycles. The molecule has 0 radical (unpaired) electrons. The van der Waals surface area contributed by atoms with Gasteiger partial charge in [-0.2, -0.15) is 0 Å². The summed E-state index contributed by atoms with van der Waals surface area (Å²) in [5.74, 6) is 0. The molecule has 0 spiro atoms. The minimum atomic E-state index is 0.0968. The van der Waals surface area contributed by atoms with E-state index in [1.165, 1.54) is 10.5 Å². The van der Waals surface area contributed by atoms with Gasteiger partial charge in [-0.1, -0.05) is 32.0 Å². The number of aliphatic hydroxyl groups is 1. The van der Waals surface area contributed by atoms with Crippen molar-refractivity contribution in [2.45, 2.75) is 36.5 Å². The van der Waals surface area contributed by atoms with E-state index in [-0.39, 0.29) is 17.9 Å². The lowest BCUT2D eigenvalue weighted by Crippen LogP contribution is -2.11. The SMILES string of the molecule is CC[C@H](N)c1ccccc1SC(C)CO. The Morgan fingerprint density at radius 2 is 2.07 bits per heavy atom. The lowest BCUT2D eigenvalue weighted by Gasteiger charge is -2.16. The van der Waals surface area contributed by atoms with Crippen molar-refractivity contribution in [3.05, 3.63) is 29.8 Å². The molecule has 0 aliphatic rings. The molecule has 0 amide bonds. The lowest BCUT2D eigenvalue weighted by atomic mass is 10.1. The average Bonchev–Trinajstić information content (AvgIpc) is 2.28. The fourth-order valence-electron chi connectivity index (χ4n) is 1.37. The van der Waals surface area contributed by atoms with E-state index in [1.807, 2.05) is 19.1 Å². The van der Waals surface area contributed by atoms with E-state index in [0.717, 1.165) is 6.42 Å². The van der Waals surface area contributed by atoms with Crippen molar-refractivity contribution in [2.24, 2.45) is 5.73 Å². The second-order valence-corrected chi connectivity index (χ2v) is 5.14. The van der Waals surface area contributed by atoms with Gasteiger partial charge in [0.25, 0.3) is 0 Å². The zero-order valence-electron chi connectivity index (χ0n) is 9.31. The summed E-state index contributed by atoms with van der Waals surface area (Å²) >= 11 is 1.68. The molecule has 1 aromatic carbocycles. The molecule has 1 rings (SSSR count). The van der Waals surface area contributed by atoms with Gasteiger partial charge in [0, 0.05) is 16.2 Å². The number of hydrogen-bond donors (Lipinski definition) is 2. The molecule has 2 nitrogen and oxygen atoms in total. The van der Waals surface area contributed by atoms with E-state index < -0.39 is 0 Å². The first-order valence-corrected chi connectivity index (χ1v) is 6.19. The topological polar surface area (TPSA) is 46.2 Å². The van der Waals surface area contributed by atoms with Crippen LogP contribution >= 0.6 is 11.8 Å². The van der Waals surface area contributed by atoms with Crippen LogP contribution in [0, 0.1) is 0 Å². The Hall–Kier alpha value is -0.510. The highest BCUT2D eigenvalue weighted by atomic mass is 32.2. The summed E-state index contributed by atoms with van der Waals surface area (Å²) in [6.07, 6.45) is 0.936. The van der Waals surface area contributed by atoms with Crippen LogP contribution in [0.3, 0.4) is 0 Å². The Morgan fingerprint density at radius 1 is 1.40 bits per heavy atom. The maximum absolute atomic E-state index is 9.03. The zero-order valence-corrected chi connectivity index (χ0v) is 10.1. The second-order valence-electron chi connectivity index (χ2n) is 3.66. The monoisotopic (exact) mass is 225 g/mol. The van der Waals surface area contributed by atoms with Crippen molar-refractivity contribution in [3.63, 3.8) is 0 Å². The van der Waals surface area contributed by atoms with Crippen molar-refractivity contribution >= 4 is 11.8 Å². The van der Waals surface area contributed by atoms with Crippen molar-refractivity contribution in [1.82, 2.24) is 0 Å². The molecule has 1 unspecified atom stereocenters. The first-order valence-electron chi connectivity index (χ1n) is 5.31. The molecule has 0 aromatic heterocycles. The summed E-state index contributed by atoms with van der Waals surface area (Å²) in [4.78, 5) is 1.19. The Labute approximate surface area is 95.9 Å². The summed E-state index contributed by atoms with van der Waals surface area (Å²) in [6.45, 7) is 4.29. The quantitative estimate of drug-likeness (QED) is 0.757. The Kier molecular flexibility index (Phi) is 5.15. The molecule has 0 bridgehead atoms. The van der Waals surface area contributed by atoms with Gasteiger partial charge in [0.15, 0.2) is 0 Å². The van der Waals surface area contributed by atoms with Crippen LogP contribution in [0.1, 0.15) is 31.9 Å². The van der Waals surface area contributed by atoms with Crippen LogP contribution in [0.2, 0.25) is 0 Å². The van der Waals surface area contributed by atoms with Crippen LogP contribution in [0.25, 0.3) is 0 Å². The van der Waals surface area contributed by atoms with Crippen LogP contribution in [0.5, 0.6) is 0 Å². The third-order valence-corrected chi connectivity index (χ3v) is 3.52. The first kappa shape index (κ1) is 12.6. The zero-order chi connectivity index (χ0) is 11.3.